The summed E-state index contributed by atoms with van der Waals surface area (Å²) in [5.41, 5.74) is 2.14. The van der Waals surface area contributed by atoms with Gasteiger partial charge >= 0.3 is 0 Å². The van der Waals surface area contributed by atoms with Gasteiger partial charge in [0.25, 0.3) is 0 Å². The van der Waals surface area contributed by atoms with E-state index in [2.05, 4.69) is 36.5 Å². The van der Waals surface area contributed by atoms with Gasteiger partial charge in [-0.05, 0) is 43.5 Å². The maximum Gasteiger partial charge on any atom is 0.0712 e. The van der Waals surface area contributed by atoms with Crippen LogP contribution in [0.15, 0.2) is 24.3 Å². The van der Waals surface area contributed by atoms with Crippen molar-refractivity contribution in [2.45, 2.75) is 38.2 Å². The zero-order valence-electron chi connectivity index (χ0n) is 10.00. The van der Waals surface area contributed by atoms with E-state index in [1.807, 2.05) is 0 Å². The lowest BCUT2D eigenvalue weighted by molar-refractivity contribution is 0.0109. The molecule has 2 rings (SSSR count). The first-order chi connectivity index (χ1) is 7.72. The number of piperidine rings is 1. The van der Waals surface area contributed by atoms with Gasteiger partial charge in [0.05, 0.1) is 5.60 Å². The van der Waals surface area contributed by atoms with Gasteiger partial charge in [-0.15, -0.1) is 0 Å². The predicted molar refractivity (Wildman–Crippen MR) is 66.6 cm³/mol. The van der Waals surface area contributed by atoms with Crippen LogP contribution in [0.1, 0.15) is 30.9 Å². The Morgan fingerprint density at radius 3 is 2.62 bits per heavy atom. The molecule has 0 saturated carbocycles. The van der Waals surface area contributed by atoms with Gasteiger partial charge in [0.1, 0.15) is 0 Å². The van der Waals surface area contributed by atoms with Crippen LogP contribution in [0.2, 0.25) is 0 Å². The minimum absolute atomic E-state index is 0.488. The van der Waals surface area contributed by atoms with Crippen LogP contribution in [0, 0.1) is 0 Å². The Bertz CT molecular complexity index is 342. The molecular weight excluding hydrogens is 198 g/mol. The van der Waals surface area contributed by atoms with E-state index in [1.54, 1.807) is 0 Å². The SMILES string of the molecule is CCc1cccc(CC2(O)CCNCC2)c1. The van der Waals surface area contributed by atoms with Crippen LogP contribution in [0.3, 0.4) is 0 Å². The van der Waals surface area contributed by atoms with Crippen LogP contribution in [0.5, 0.6) is 0 Å². The Balaban J connectivity index is 2.07. The van der Waals surface area contributed by atoms with Crippen LogP contribution in [-0.4, -0.2) is 23.8 Å². The molecule has 0 radical (unpaired) electrons. The molecule has 1 aliphatic heterocycles. The second-order valence-corrected chi connectivity index (χ2v) is 4.82. The first kappa shape index (κ1) is 11.6. The predicted octanol–water partition coefficient (Wildman–Crippen LogP) is 1.91. The van der Waals surface area contributed by atoms with E-state index in [0.717, 1.165) is 38.8 Å². The van der Waals surface area contributed by atoms with Gasteiger partial charge < -0.3 is 10.4 Å². The fourth-order valence-corrected chi connectivity index (χ4v) is 2.41. The number of hydrogen-bond donors (Lipinski definition) is 2. The van der Waals surface area contributed by atoms with Gasteiger partial charge in [0.15, 0.2) is 0 Å². The lowest BCUT2D eigenvalue weighted by Gasteiger charge is -2.32. The normalized spacial score (nSPS) is 19.6. The summed E-state index contributed by atoms with van der Waals surface area (Å²) in [5.74, 6) is 0. The summed E-state index contributed by atoms with van der Waals surface area (Å²) in [6.07, 6.45) is 3.59. The van der Waals surface area contributed by atoms with E-state index >= 15 is 0 Å². The fourth-order valence-electron chi connectivity index (χ4n) is 2.41. The molecule has 0 aromatic heterocycles. The molecule has 2 heteroatoms. The van der Waals surface area contributed by atoms with Gasteiger partial charge in [-0.2, -0.15) is 0 Å². The van der Waals surface area contributed by atoms with Crippen LogP contribution >= 0.6 is 0 Å². The summed E-state index contributed by atoms with van der Waals surface area (Å²) in [7, 11) is 0. The van der Waals surface area contributed by atoms with Gasteiger partial charge in [-0.3, -0.25) is 0 Å². The molecule has 1 fully saturated rings. The molecule has 0 amide bonds. The number of aryl methyl sites for hydroxylation is 1. The molecule has 16 heavy (non-hydrogen) atoms. The summed E-state index contributed by atoms with van der Waals surface area (Å²) in [5, 5.41) is 13.7. The Hall–Kier alpha value is -0.860. The molecule has 2 nitrogen and oxygen atoms in total. The molecule has 1 heterocycles. The van der Waals surface area contributed by atoms with E-state index in [9.17, 15) is 5.11 Å². The Morgan fingerprint density at radius 1 is 1.25 bits per heavy atom. The van der Waals surface area contributed by atoms with Crippen molar-refractivity contribution in [3.05, 3.63) is 35.4 Å². The zero-order valence-corrected chi connectivity index (χ0v) is 10.00. The highest BCUT2D eigenvalue weighted by Gasteiger charge is 2.29. The van der Waals surface area contributed by atoms with Crippen molar-refractivity contribution in [1.29, 1.82) is 0 Å². The average Bonchev–Trinajstić information content (AvgIpc) is 2.29. The lowest BCUT2D eigenvalue weighted by Crippen LogP contribution is -2.43. The number of nitrogens with one attached hydrogen (secondary N) is 1. The second-order valence-electron chi connectivity index (χ2n) is 4.82. The maximum atomic E-state index is 10.4. The fraction of sp³-hybridized carbons (Fsp3) is 0.571. The minimum Gasteiger partial charge on any atom is -0.389 e. The minimum atomic E-state index is -0.488. The summed E-state index contributed by atoms with van der Waals surface area (Å²) in [6.45, 7) is 4.03. The third-order valence-corrected chi connectivity index (χ3v) is 3.47. The molecule has 0 spiro atoms. The van der Waals surface area contributed by atoms with E-state index in [0.29, 0.717) is 0 Å². The van der Waals surface area contributed by atoms with Crippen molar-refractivity contribution >= 4 is 0 Å². The van der Waals surface area contributed by atoms with E-state index < -0.39 is 5.60 Å². The molecule has 1 aromatic carbocycles. The summed E-state index contributed by atoms with van der Waals surface area (Å²) in [6, 6.07) is 8.59. The van der Waals surface area contributed by atoms with Crippen molar-refractivity contribution in [3.63, 3.8) is 0 Å². The molecular formula is C14H21NO. The highest BCUT2D eigenvalue weighted by atomic mass is 16.3. The second kappa shape index (κ2) is 4.98. The first-order valence-corrected chi connectivity index (χ1v) is 6.23. The molecule has 0 aliphatic carbocycles. The molecule has 1 aliphatic rings. The van der Waals surface area contributed by atoms with Crippen molar-refractivity contribution in [2.24, 2.45) is 0 Å². The third-order valence-electron chi connectivity index (χ3n) is 3.47. The summed E-state index contributed by atoms with van der Waals surface area (Å²) in [4.78, 5) is 0. The maximum absolute atomic E-state index is 10.4. The van der Waals surface area contributed by atoms with Gasteiger partial charge in [-0.1, -0.05) is 31.2 Å². The molecule has 0 atom stereocenters. The number of hydrogen-bond acceptors (Lipinski definition) is 2. The smallest absolute Gasteiger partial charge is 0.0712 e. The van der Waals surface area contributed by atoms with Crippen LogP contribution < -0.4 is 5.32 Å². The van der Waals surface area contributed by atoms with Crippen LogP contribution in [0.4, 0.5) is 0 Å². The Morgan fingerprint density at radius 2 is 1.94 bits per heavy atom. The molecule has 0 unspecified atom stereocenters. The number of rotatable bonds is 3. The first-order valence-electron chi connectivity index (χ1n) is 6.23. The van der Waals surface area contributed by atoms with Gasteiger partial charge in [-0.25, -0.2) is 0 Å². The molecule has 88 valence electrons. The summed E-state index contributed by atoms with van der Waals surface area (Å²) >= 11 is 0. The standard InChI is InChI=1S/C14H21NO/c1-2-12-4-3-5-13(10-12)11-14(16)6-8-15-9-7-14/h3-5,10,15-16H,2,6-9,11H2,1H3. The average molecular weight is 219 g/mol. The molecule has 1 aromatic rings. The van der Waals surface area contributed by atoms with Gasteiger partial charge in [0.2, 0.25) is 0 Å². The van der Waals surface area contributed by atoms with Gasteiger partial charge in [0, 0.05) is 6.42 Å². The van der Waals surface area contributed by atoms with Crippen LogP contribution in [0.25, 0.3) is 0 Å². The molecule has 2 N–H and O–H groups in total. The van der Waals surface area contributed by atoms with E-state index in [4.69, 9.17) is 0 Å². The number of benzene rings is 1. The van der Waals surface area contributed by atoms with Crippen molar-refractivity contribution in [3.8, 4) is 0 Å². The monoisotopic (exact) mass is 219 g/mol. The Labute approximate surface area is 97.7 Å². The van der Waals surface area contributed by atoms with E-state index in [1.165, 1.54) is 11.1 Å². The highest BCUT2D eigenvalue weighted by Crippen LogP contribution is 2.23. The Kier molecular flexibility index (Phi) is 3.62. The molecule has 0 bridgehead atoms. The quantitative estimate of drug-likeness (QED) is 0.814. The van der Waals surface area contributed by atoms with Crippen LogP contribution in [-0.2, 0) is 12.8 Å². The summed E-state index contributed by atoms with van der Waals surface area (Å²) < 4.78 is 0. The number of aliphatic hydroxyl groups is 1. The highest BCUT2D eigenvalue weighted by molar-refractivity contribution is 5.25. The molecule has 1 saturated heterocycles. The van der Waals surface area contributed by atoms with Crippen molar-refractivity contribution < 1.29 is 5.11 Å². The van der Waals surface area contributed by atoms with Crippen molar-refractivity contribution in [1.82, 2.24) is 5.32 Å². The topological polar surface area (TPSA) is 32.3 Å². The lowest BCUT2D eigenvalue weighted by atomic mass is 9.85. The third kappa shape index (κ3) is 2.83. The zero-order chi connectivity index (χ0) is 11.4. The van der Waals surface area contributed by atoms with E-state index in [-0.39, 0.29) is 0 Å². The van der Waals surface area contributed by atoms with Crippen molar-refractivity contribution in [2.75, 3.05) is 13.1 Å². The largest absolute Gasteiger partial charge is 0.389 e.